The fourth-order valence-electron chi connectivity index (χ4n) is 2.23. The number of anilines is 2. The zero-order valence-electron chi connectivity index (χ0n) is 14.7. The molecule has 1 unspecified atom stereocenters. The molecule has 0 spiro atoms. The number of nitrogens with zero attached hydrogens (tertiary/aromatic N) is 1. The summed E-state index contributed by atoms with van der Waals surface area (Å²) in [5.74, 6) is -0.0875. The quantitative estimate of drug-likeness (QED) is 0.691. The molecule has 2 amide bonds. The Morgan fingerprint density at radius 2 is 1.73 bits per heavy atom. The van der Waals surface area contributed by atoms with Gasteiger partial charge in [0.05, 0.1) is 17.4 Å². The van der Waals surface area contributed by atoms with Crippen molar-refractivity contribution in [3.8, 4) is 0 Å². The molecule has 1 aromatic heterocycles. The summed E-state index contributed by atoms with van der Waals surface area (Å²) in [4.78, 5) is 28.3. The summed E-state index contributed by atoms with van der Waals surface area (Å²) in [6, 6.07) is 12.2. The number of aromatic nitrogens is 1. The Bertz CT molecular complexity index is 707. The molecular weight excluding hydrogens is 375 g/mol. The molecule has 2 aromatic rings. The third kappa shape index (κ3) is 6.63. The second kappa shape index (κ2) is 10.8. The maximum absolute atomic E-state index is 12.1. The maximum atomic E-state index is 12.1. The average molecular weight is 399 g/mol. The van der Waals surface area contributed by atoms with Crippen LogP contribution in [0.15, 0.2) is 48.7 Å². The van der Waals surface area contributed by atoms with Crippen LogP contribution in [0.4, 0.5) is 11.5 Å². The van der Waals surface area contributed by atoms with E-state index in [1.54, 1.807) is 43.3 Å². The fraction of sp³-hybridized carbons (Fsp3) is 0.278. The molecule has 0 aliphatic carbocycles. The van der Waals surface area contributed by atoms with Gasteiger partial charge in [0.1, 0.15) is 5.82 Å². The number of rotatable bonds is 6. The molecule has 1 aromatic carbocycles. The Kier molecular flexibility index (Phi) is 9.86. The van der Waals surface area contributed by atoms with Crippen molar-refractivity contribution < 1.29 is 9.59 Å². The first-order valence-corrected chi connectivity index (χ1v) is 7.85. The van der Waals surface area contributed by atoms with Crippen LogP contribution in [-0.4, -0.2) is 22.3 Å². The van der Waals surface area contributed by atoms with Crippen LogP contribution in [0.2, 0.25) is 0 Å². The van der Waals surface area contributed by atoms with E-state index in [-0.39, 0.29) is 36.6 Å². The van der Waals surface area contributed by atoms with E-state index < -0.39 is 5.54 Å². The molecule has 0 aliphatic rings. The second-order valence-electron chi connectivity index (χ2n) is 5.87. The Hall–Kier alpha value is -2.15. The minimum absolute atomic E-state index is 0. The molecule has 0 aliphatic heterocycles. The predicted octanol–water partition coefficient (Wildman–Crippen LogP) is 3.63. The molecule has 0 fully saturated rings. The number of nitrogens with two attached hydrogens (primary N) is 1. The molecule has 0 bridgehead atoms. The summed E-state index contributed by atoms with van der Waals surface area (Å²) in [5.41, 5.74) is 6.15. The molecular formula is C18H24Cl2N4O2. The van der Waals surface area contributed by atoms with Gasteiger partial charge >= 0.3 is 0 Å². The minimum Gasteiger partial charge on any atom is -0.323 e. The Labute approximate surface area is 165 Å². The van der Waals surface area contributed by atoms with E-state index in [1.807, 2.05) is 13.0 Å². The van der Waals surface area contributed by atoms with Crippen LogP contribution >= 0.6 is 24.8 Å². The molecule has 1 atom stereocenters. The van der Waals surface area contributed by atoms with E-state index in [0.29, 0.717) is 23.5 Å². The highest BCUT2D eigenvalue weighted by Crippen LogP contribution is 2.15. The highest BCUT2D eigenvalue weighted by Gasteiger charge is 2.27. The molecule has 8 heteroatoms. The molecule has 2 rings (SSSR count). The van der Waals surface area contributed by atoms with E-state index >= 15 is 0 Å². The van der Waals surface area contributed by atoms with Gasteiger partial charge in [0, 0.05) is 5.56 Å². The number of nitrogens with one attached hydrogen (secondary N) is 2. The van der Waals surface area contributed by atoms with Crippen molar-refractivity contribution in [3.63, 3.8) is 0 Å². The van der Waals surface area contributed by atoms with E-state index in [9.17, 15) is 9.59 Å². The monoisotopic (exact) mass is 398 g/mol. The van der Waals surface area contributed by atoms with E-state index in [0.717, 1.165) is 6.42 Å². The smallest absolute Gasteiger partial charge is 0.256 e. The van der Waals surface area contributed by atoms with Crippen molar-refractivity contribution in [3.05, 3.63) is 54.2 Å². The lowest BCUT2D eigenvalue weighted by atomic mass is 9.96. The third-order valence-electron chi connectivity index (χ3n) is 3.59. The average Bonchev–Trinajstić information content (AvgIpc) is 2.57. The van der Waals surface area contributed by atoms with Gasteiger partial charge < -0.3 is 16.4 Å². The van der Waals surface area contributed by atoms with E-state index in [4.69, 9.17) is 5.73 Å². The van der Waals surface area contributed by atoms with Crippen LogP contribution in [0.5, 0.6) is 0 Å². The molecule has 6 nitrogen and oxygen atoms in total. The van der Waals surface area contributed by atoms with Gasteiger partial charge in [-0.3, -0.25) is 9.59 Å². The Morgan fingerprint density at radius 3 is 2.27 bits per heavy atom. The molecule has 26 heavy (non-hydrogen) atoms. The first-order valence-electron chi connectivity index (χ1n) is 7.85. The van der Waals surface area contributed by atoms with Gasteiger partial charge in [0.25, 0.3) is 5.91 Å². The van der Waals surface area contributed by atoms with Crippen molar-refractivity contribution in [1.29, 1.82) is 0 Å². The van der Waals surface area contributed by atoms with Crippen molar-refractivity contribution >= 4 is 48.1 Å². The number of hydrogen-bond donors (Lipinski definition) is 3. The van der Waals surface area contributed by atoms with Crippen LogP contribution in [-0.2, 0) is 4.79 Å². The highest BCUT2D eigenvalue weighted by atomic mass is 35.5. The van der Waals surface area contributed by atoms with Crippen LogP contribution in [0.25, 0.3) is 0 Å². The number of pyridine rings is 1. The zero-order chi connectivity index (χ0) is 17.6. The lowest BCUT2D eigenvalue weighted by Gasteiger charge is -2.22. The SMILES string of the molecule is CCCC(C)(N)C(=O)Nc1ccc(NC(=O)c2ccccc2)nc1.Cl.Cl. The van der Waals surface area contributed by atoms with Gasteiger partial charge in [-0.15, -0.1) is 24.8 Å². The summed E-state index contributed by atoms with van der Waals surface area (Å²) >= 11 is 0. The van der Waals surface area contributed by atoms with Crippen LogP contribution in [0.3, 0.4) is 0 Å². The lowest BCUT2D eigenvalue weighted by Crippen LogP contribution is -2.48. The van der Waals surface area contributed by atoms with Gasteiger partial charge in [-0.2, -0.15) is 0 Å². The van der Waals surface area contributed by atoms with Gasteiger partial charge in [-0.25, -0.2) is 4.98 Å². The van der Waals surface area contributed by atoms with Gasteiger partial charge in [0.15, 0.2) is 0 Å². The predicted molar refractivity (Wildman–Crippen MR) is 109 cm³/mol. The van der Waals surface area contributed by atoms with Crippen molar-refractivity contribution in [1.82, 2.24) is 4.98 Å². The van der Waals surface area contributed by atoms with Crippen molar-refractivity contribution in [2.75, 3.05) is 10.6 Å². The Morgan fingerprint density at radius 1 is 1.08 bits per heavy atom. The number of halogens is 2. The minimum atomic E-state index is -0.922. The number of amides is 2. The first kappa shape index (κ1) is 23.9. The largest absolute Gasteiger partial charge is 0.323 e. The van der Waals surface area contributed by atoms with Gasteiger partial charge in [0.2, 0.25) is 5.91 Å². The standard InChI is InChI=1S/C18H22N4O2.2ClH/c1-3-11-18(2,19)17(24)21-14-9-10-15(20-12-14)22-16(23)13-7-5-4-6-8-13;;/h4-10,12H,3,11,19H2,1-2H3,(H,21,24)(H,20,22,23);2*1H. The van der Waals surface area contributed by atoms with Crippen molar-refractivity contribution in [2.45, 2.75) is 32.2 Å². The number of benzene rings is 1. The molecule has 4 N–H and O–H groups in total. The number of carbonyl (C=O) groups excluding carboxylic acids is 2. The zero-order valence-corrected chi connectivity index (χ0v) is 16.3. The summed E-state index contributed by atoms with van der Waals surface area (Å²) in [5, 5.41) is 5.44. The number of hydrogen-bond acceptors (Lipinski definition) is 4. The molecule has 1 heterocycles. The third-order valence-corrected chi connectivity index (χ3v) is 3.59. The van der Waals surface area contributed by atoms with E-state index in [1.165, 1.54) is 6.20 Å². The summed E-state index contributed by atoms with van der Waals surface area (Å²) in [6.07, 6.45) is 2.90. The lowest BCUT2D eigenvalue weighted by molar-refractivity contribution is -0.120. The second-order valence-corrected chi connectivity index (χ2v) is 5.87. The number of carbonyl (C=O) groups is 2. The highest BCUT2D eigenvalue weighted by molar-refractivity contribution is 6.03. The Balaban J connectivity index is 0.00000312. The van der Waals surface area contributed by atoms with E-state index in [2.05, 4.69) is 15.6 Å². The first-order chi connectivity index (χ1) is 11.4. The molecule has 142 valence electrons. The normalized spacial score (nSPS) is 12.0. The van der Waals surface area contributed by atoms with Crippen molar-refractivity contribution in [2.24, 2.45) is 5.73 Å². The molecule has 0 saturated carbocycles. The fourth-order valence-corrected chi connectivity index (χ4v) is 2.23. The molecule has 0 saturated heterocycles. The topological polar surface area (TPSA) is 97.1 Å². The summed E-state index contributed by atoms with van der Waals surface area (Å²) < 4.78 is 0. The molecule has 0 radical (unpaired) electrons. The maximum Gasteiger partial charge on any atom is 0.256 e. The van der Waals surface area contributed by atoms with Crippen LogP contribution in [0, 0.1) is 0 Å². The van der Waals surface area contributed by atoms with Gasteiger partial charge in [-0.1, -0.05) is 31.5 Å². The van der Waals surface area contributed by atoms with Crippen LogP contribution in [0.1, 0.15) is 37.0 Å². The van der Waals surface area contributed by atoms with Gasteiger partial charge in [-0.05, 0) is 37.6 Å². The summed E-state index contributed by atoms with van der Waals surface area (Å²) in [7, 11) is 0. The summed E-state index contributed by atoms with van der Waals surface area (Å²) in [6.45, 7) is 3.68. The van der Waals surface area contributed by atoms with Crippen LogP contribution < -0.4 is 16.4 Å².